The van der Waals surface area contributed by atoms with Crippen LogP contribution in [-0.4, -0.2) is 55.5 Å². The molecular formula is C15H15NNaO4. The van der Waals surface area contributed by atoms with Crippen molar-refractivity contribution in [1.82, 2.24) is 0 Å². The SMILES string of the molecule is CCOC(O)=C1C=C(C#N)c2cc(OC)c(OC)cc21.[Na]. The molecule has 1 aromatic carbocycles. The van der Waals surface area contributed by atoms with E-state index in [2.05, 4.69) is 6.07 Å². The summed E-state index contributed by atoms with van der Waals surface area (Å²) >= 11 is 0. The number of benzene rings is 1. The van der Waals surface area contributed by atoms with Crippen LogP contribution in [0, 0.1) is 11.3 Å². The number of allylic oxidation sites excluding steroid dienone is 3. The Labute approximate surface area is 145 Å². The van der Waals surface area contributed by atoms with Gasteiger partial charge >= 0.3 is 0 Å². The van der Waals surface area contributed by atoms with E-state index >= 15 is 0 Å². The third-order valence-electron chi connectivity index (χ3n) is 3.02. The topological polar surface area (TPSA) is 71.7 Å². The van der Waals surface area contributed by atoms with Gasteiger partial charge in [0.15, 0.2) is 11.5 Å². The van der Waals surface area contributed by atoms with Crippen molar-refractivity contribution in [3.8, 4) is 17.6 Å². The summed E-state index contributed by atoms with van der Waals surface area (Å²) in [4.78, 5) is 0. The number of aliphatic hydroxyl groups is 1. The molecule has 1 aromatic rings. The maximum absolute atomic E-state index is 9.93. The standard InChI is InChI=1S/C15H15NO4.Na/c1-4-20-15(17)12-5-9(8-16)10-6-13(18-2)14(19-3)7-11(10)12;/h5-7,17H,4H2,1-3H3;. The molecule has 0 aromatic heterocycles. The molecular weight excluding hydrogens is 281 g/mol. The summed E-state index contributed by atoms with van der Waals surface area (Å²) in [6.45, 7) is 2.11. The molecule has 1 aliphatic rings. The molecule has 1 N–H and O–H groups in total. The Balaban J connectivity index is 0.00000220. The number of fused-ring (bicyclic) bond motifs is 1. The van der Waals surface area contributed by atoms with Crippen molar-refractivity contribution in [2.24, 2.45) is 0 Å². The zero-order valence-corrected chi connectivity index (χ0v) is 14.6. The Kier molecular flexibility index (Phi) is 6.16. The zero-order chi connectivity index (χ0) is 14.7. The first-order valence-electron chi connectivity index (χ1n) is 6.10. The van der Waals surface area contributed by atoms with Crippen LogP contribution in [0.25, 0.3) is 11.1 Å². The summed E-state index contributed by atoms with van der Waals surface area (Å²) in [6, 6.07) is 5.54. The van der Waals surface area contributed by atoms with Crippen molar-refractivity contribution in [2.75, 3.05) is 20.8 Å². The fraction of sp³-hybridized carbons (Fsp3) is 0.267. The van der Waals surface area contributed by atoms with Gasteiger partial charge in [0.05, 0.1) is 38.0 Å². The second kappa shape index (κ2) is 7.41. The molecule has 105 valence electrons. The van der Waals surface area contributed by atoms with E-state index in [0.717, 1.165) is 0 Å². The van der Waals surface area contributed by atoms with Gasteiger partial charge in [-0.3, -0.25) is 0 Å². The number of methoxy groups -OCH3 is 2. The van der Waals surface area contributed by atoms with E-state index in [1.165, 1.54) is 14.2 Å². The molecule has 21 heavy (non-hydrogen) atoms. The number of ether oxygens (including phenoxy) is 3. The molecule has 0 heterocycles. The molecule has 0 unspecified atom stereocenters. The second-order valence-electron chi connectivity index (χ2n) is 4.07. The van der Waals surface area contributed by atoms with Crippen LogP contribution in [0.5, 0.6) is 11.5 Å². The third-order valence-corrected chi connectivity index (χ3v) is 3.02. The van der Waals surface area contributed by atoms with Crippen molar-refractivity contribution in [3.05, 3.63) is 35.3 Å². The Morgan fingerprint density at radius 3 is 2.24 bits per heavy atom. The molecule has 0 saturated heterocycles. The minimum Gasteiger partial charge on any atom is -0.493 e. The van der Waals surface area contributed by atoms with Gasteiger partial charge in [0, 0.05) is 40.7 Å². The van der Waals surface area contributed by atoms with Crippen molar-refractivity contribution in [3.63, 3.8) is 0 Å². The molecule has 5 nitrogen and oxygen atoms in total. The fourth-order valence-corrected chi connectivity index (χ4v) is 2.11. The van der Waals surface area contributed by atoms with Crippen molar-refractivity contribution < 1.29 is 19.3 Å². The number of rotatable bonds is 4. The zero-order valence-electron chi connectivity index (χ0n) is 12.6. The number of aliphatic hydroxyl groups excluding tert-OH is 1. The summed E-state index contributed by atoms with van der Waals surface area (Å²) in [7, 11) is 3.06. The predicted molar refractivity (Wildman–Crippen MR) is 80.1 cm³/mol. The van der Waals surface area contributed by atoms with Crippen LogP contribution in [-0.2, 0) is 4.74 Å². The normalized spacial score (nSPS) is 14.3. The molecule has 2 rings (SSSR count). The van der Waals surface area contributed by atoms with E-state index in [-0.39, 0.29) is 35.5 Å². The summed E-state index contributed by atoms with van der Waals surface area (Å²) in [5.41, 5.74) is 2.29. The first-order chi connectivity index (χ1) is 9.65. The molecule has 6 heteroatoms. The minimum atomic E-state index is -0.203. The summed E-state index contributed by atoms with van der Waals surface area (Å²) in [6.07, 6.45) is 1.59. The summed E-state index contributed by atoms with van der Waals surface area (Å²) < 4.78 is 15.6. The van der Waals surface area contributed by atoms with Crippen LogP contribution in [0.2, 0.25) is 0 Å². The Morgan fingerprint density at radius 1 is 1.19 bits per heavy atom. The van der Waals surface area contributed by atoms with Gasteiger partial charge in [-0.05, 0) is 25.1 Å². The molecule has 0 bridgehead atoms. The van der Waals surface area contributed by atoms with Crippen molar-refractivity contribution >= 4 is 40.7 Å². The largest absolute Gasteiger partial charge is 0.493 e. The first-order valence-corrected chi connectivity index (χ1v) is 6.10. The molecule has 1 radical (unpaired) electrons. The van der Waals surface area contributed by atoms with Gasteiger partial charge in [-0.1, -0.05) is 0 Å². The number of nitrogens with zero attached hydrogens (tertiary/aromatic N) is 1. The minimum absolute atomic E-state index is 0. The van der Waals surface area contributed by atoms with E-state index in [4.69, 9.17) is 14.2 Å². The third kappa shape index (κ3) is 3.18. The Hall–Kier alpha value is -1.61. The first kappa shape index (κ1) is 17.4. The quantitative estimate of drug-likeness (QED) is 0.682. The molecule has 0 fully saturated rings. The summed E-state index contributed by atoms with van der Waals surface area (Å²) in [5, 5.41) is 19.1. The van der Waals surface area contributed by atoms with Crippen LogP contribution >= 0.6 is 0 Å². The smallest absolute Gasteiger partial charge is 0.284 e. The van der Waals surface area contributed by atoms with E-state index < -0.39 is 0 Å². The molecule has 0 aliphatic heterocycles. The monoisotopic (exact) mass is 296 g/mol. The van der Waals surface area contributed by atoms with Crippen LogP contribution < -0.4 is 9.47 Å². The van der Waals surface area contributed by atoms with E-state index in [1.54, 1.807) is 25.1 Å². The van der Waals surface area contributed by atoms with Gasteiger partial charge in [-0.2, -0.15) is 5.26 Å². The van der Waals surface area contributed by atoms with E-state index in [0.29, 0.717) is 40.4 Å². The maximum atomic E-state index is 9.93. The summed E-state index contributed by atoms with van der Waals surface area (Å²) in [5.74, 6) is 0.858. The van der Waals surface area contributed by atoms with Gasteiger partial charge in [0.2, 0.25) is 0 Å². The second-order valence-corrected chi connectivity index (χ2v) is 4.07. The van der Waals surface area contributed by atoms with Crippen molar-refractivity contribution in [2.45, 2.75) is 6.92 Å². The Morgan fingerprint density at radius 2 is 1.76 bits per heavy atom. The van der Waals surface area contributed by atoms with Gasteiger partial charge in [0.1, 0.15) is 0 Å². The van der Waals surface area contributed by atoms with Gasteiger partial charge in [-0.15, -0.1) is 0 Å². The van der Waals surface area contributed by atoms with Gasteiger partial charge < -0.3 is 19.3 Å². The average Bonchev–Trinajstić information content (AvgIpc) is 2.83. The molecule has 0 amide bonds. The molecule has 0 atom stereocenters. The molecule has 0 spiro atoms. The fourth-order valence-electron chi connectivity index (χ4n) is 2.11. The maximum Gasteiger partial charge on any atom is 0.284 e. The van der Waals surface area contributed by atoms with Crippen LogP contribution in [0.4, 0.5) is 0 Å². The number of nitriles is 1. The average molecular weight is 296 g/mol. The van der Waals surface area contributed by atoms with Crippen LogP contribution in [0.1, 0.15) is 18.1 Å². The molecule has 1 aliphatic carbocycles. The predicted octanol–water partition coefficient (Wildman–Crippen LogP) is 2.51. The van der Waals surface area contributed by atoms with Crippen molar-refractivity contribution in [1.29, 1.82) is 5.26 Å². The van der Waals surface area contributed by atoms with E-state index in [1.807, 2.05) is 0 Å². The number of hydrogen-bond acceptors (Lipinski definition) is 5. The van der Waals surface area contributed by atoms with E-state index in [9.17, 15) is 10.4 Å². The number of hydrogen-bond donors (Lipinski definition) is 1. The van der Waals surface area contributed by atoms with Gasteiger partial charge in [0.25, 0.3) is 5.95 Å². The molecule has 0 saturated carbocycles. The Bertz CT molecular complexity index is 644. The van der Waals surface area contributed by atoms with Gasteiger partial charge in [-0.25, -0.2) is 0 Å². The van der Waals surface area contributed by atoms with Crippen LogP contribution in [0.3, 0.4) is 0 Å². The van der Waals surface area contributed by atoms with Crippen LogP contribution in [0.15, 0.2) is 24.2 Å².